The lowest BCUT2D eigenvalue weighted by Crippen LogP contribution is -2.57. The van der Waals surface area contributed by atoms with Crippen molar-refractivity contribution in [2.24, 2.45) is 5.41 Å². The molecule has 2 fully saturated rings. The number of nitrogens with one attached hydrogen (secondary N) is 1. The van der Waals surface area contributed by atoms with Gasteiger partial charge in [0.05, 0.1) is 6.61 Å². The number of nitrogens with zero attached hydrogens (tertiary/aromatic N) is 1. The molecule has 1 spiro atoms. The first kappa shape index (κ1) is 13.1. The molecule has 2 saturated carbocycles. The third kappa shape index (κ3) is 2.41. The number of pyridine rings is 1. The Bertz CT molecular complexity index is 406. The maximum Gasteiger partial charge on any atom is 0.0587 e. The van der Waals surface area contributed by atoms with Crippen molar-refractivity contribution in [1.82, 2.24) is 10.3 Å². The van der Waals surface area contributed by atoms with Gasteiger partial charge in [0.2, 0.25) is 0 Å². The summed E-state index contributed by atoms with van der Waals surface area (Å²) in [7, 11) is 1.76. The molecule has 2 aliphatic rings. The Morgan fingerprint density at radius 1 is 1.26 bits per heavy atom. The smallest absolute Gasteiger partial charge is 0.0587 e. The van der Waals surface area contributed by atoms with Crippen LogP contribution in [0.2, 0.25) is 0 Å². The third-order valence-electron chi connectivity index (χ3n) is 5.08. The lowest BCUT2D eigenvalue weighted by Gasteiger charge is -2.61. The van der Waals surface area contributed by atoms with Crippen molar-refractivity contribution in [3.8, 4) is 0 Å². The first-order chi connectivity index (χ1) is 9.29. The van der Waals surface area contributed by atoms with Crippen LogP contribution < -0.4 is 5.32 Å². The minimum Gasteiger partial charge on any atom is -0.383 e. The second-order valence-electron chi connectivity index (χ2n) is 6.39. The van der Waals surface area contributed by atoms with Crippen LogP contribution in [-0.4, -0.2) is 31.8 Å². The van der Waals surface area contributed by atoms with Gasteiger partial charge in [-0.2, -0.15) is 0 Å². The van der Waals surface area contributed by atoms with Gasteiger partial charge < -0.3 is 10.1 Å². The van der Waals surface area contributed by atoms with Crippen molar-refractivity contribution in [1.29, 1.82) is 0 Å². The predicted molar refractivity (Wildman–Crippen MR) is 76.2 cm³/mol. The zero-order chi connectivity index (χ0) is 13.2. The van der Waals surface area contributed by atoms with E-state index in [-0.39, 0.29) is 0 Å². The molecule has 3 nitrogen and oxygen atoms in total. The maximum absolute atomic E-state index is 5.11. The van der Waals surface area contributed by atoms with E-state index in [1.807, 2.05) is 12.4 Å². The van der Waals surface area contributed by atoms with E-state index < -0.39 is 0 Å². The predicted octanol–water partition coefficient (Wildman–Crippen LogP) is 2.52. The van der Waals surface area contributed by atoms with E-state index in [1.54, 1.807) is 7.11 Å². The highest BCUT2D eigenvalue weighted by Gasteiger charge is 2.57. The van der Waals surface area contributed by atoms with E-state index in [9.17, 15) is 0 Å². The van der Waals surface area contributed by atoms with Crippen LogP contribution in [0.25, 0.3) is 0 Å². The molecular formula is C16H24N2O. The molecule has 3 heteroatoms. The molecule has 3 rings (SSSR count). The van der Waals surface area contributed by atoms with Crippen molar-refractivity contribution >= 4 is 0 Å². The van der Waals surface area contributed by atoms with Gasteiger partial charge in [-0.05, 0) is 48.8 Å². The highest BCUT2D eigenvalue weighted by molar-refractivity contribution is 5.30. The molecule has 0 radical (unpaired) electrons. The van der Waals surface area contributed by atoms with Gasteiger partial charge in [0.25, 0.3) is 0 Å². The molecule has 0 saturated heterocycles. The highest BCUT2D eigenvalue weighted by Crippen LogP contribution is 2.64. The van der Waals surface area contributed by atoms with Crippen LogP contribution in [0, 0.1) is 5.41 Å². The number of rotatable bonds is 6. The normalized spacial score (nSPS) is 22.8. The third-order valence-corrected chi connectivity index (χ3v) is 5.08. The molecule has 0 bridgehead atoms. The van der Waals surface area contributed by atoms with Gasteiger partial charge >= 0.3 is 0 Å². The molecule has 0 amide bonds. The average molecular weight is 260 g/mol. The highest BCUT2D eigenvalue weighted by atomic mass is 16.5. The van der Waals surface area contributed by atoms with E-state index in [0.717, 1.165) is 19.7 Å². The first-order valence-electron chi connectivity index (χ1n) is 7.39. The molecule has 0 atom stereocenters. The molecule has 1 N–H and O–H groups in total. The van der Waals surface area contributed by atoms with Crippen molar-refractivity contribution in [2.75, 3.05) is 26.8 Å². The molecule has 104 valence electrons. The summed E-state index contributed by atoms with van der Waals surface area (Å²) in [6, 6.07) is 4.40. The molecule has 19 heavy (non-hydrogen) atoms. The summed E-state index contributed by atoms with van der Waals surface area (Å²) in [6.45, 7) is 2.80. The van der Waals surface area contributed by atoms with Crippen LogP contribution in [0.15, 0.2) is 24.5 Å². The Kier molecular flexibility index (Phi) is 3.59. The second-order valence-corrected chi connectivity index (χ2v) is 6.39. The lowest BCUT2D eigenvalue weighted by molar-refractivity contribution is -0.0485. The Morgan fingerprint density at radius 3 is 2.58 bits per heavy atom. The minimum atomic E-state index is 0.344. The number of hydrogen-bond donors (Lipinski definition) is 1. The quantitative estimate of drug-likeness (QED) is 0.798. The van der Waals surface area contributed by atoms with Crippen molar-refractivity contribution < 1.29 is 4.74 Å². The van der Waals surface area contributed by atoms with Crippen molar-refractivity contribution in [3.05, 3.63) is 30.1 Å². The fourth-order valence-electron chi connectivity index (χ4n) is 4.05. The van der Waals surface area contributed by atoms with Crippen molar-refractivity contribution in [3.63, 3.8) is 0 Å². The van der Waals surface area contributed by atoms with Gasteiger partial charge in [-0.15, -0.1) is 0 Å². The molecule has 2 aliphatic carbocycles. The van der Waals surface area contributed by atoms with Crippen LogP contribution in [-0.2, 0) is 10.2 Å². The molecule has 1 aromatic rings. The number of ether oxygens (including phenoxy) is 1. The zero-order valence-electron chi connectivity index (χ0n) is 11.8. The lowest BCUT2D eigenvalue weighted by atomic mass is 9.44. The fourth-order valence-corrected chi connectivity index (χ4v) is 4.05. The Balaban J connectivity index is 1.67. The van der Waals surface area contributed by atoms with Gasteiger partial charge in [-0.3, -0.25) is 4.98 Å². The maximum atomic E-state index is 5.11. The second kappa shape index (κ2) is 5.22. The number of methoxy groups -OCH3 is 1. The number of hydrogen-bond acceptors (Lipinski definition) is 3. The summed E-state index contributed by atoms with van der Waals surface area (Å²) in [5.41, 5.74) is 2.49. The molecule has 0 aromatic carbocycles. The summed E-state index contributed by atoms with van der Waals surface area (Å²) in [5.74, 6) is 0. The molecular weight excluding hydrogens is 236 g/mol. The average Bonchev–Trinajstić information content (AvgIpc) is 2.36. The minimum absolute atomic E-state index is 0.344. The monoisotopic (exact) mass is 260 g/mol. The molecule has 1 aromatic heterocycles. The van der Waals surface area contributed by atoms with E-state index in [2.05, 4.69) is 22.4 Å². The SMILES string of the molecule is COCCNCC1(c2ccncc2)CC2(CCC2)C1. The molecule has 0 aliphatic heterocycles. The van der Waals surface area contributed by atoms with E-state index in [1.165, 1.54) is 37.7 Å². The van der Waals surface area contributed by atoms with E-state index in [4.69, 9.17) is 4.74 Å². The molecule has 1 heterocycles. The van der Waals surface area contributed by atoms with Crippen LogP contribution in [0.5, 0.6) is 0 Å². The molecule has 0 unspecified atom stereocenters. The summed E-state index contributed by atoms with van der Waals surface area (Å²) in [6.07, 6.45) is 10.9. The Morgan fingerprint density at radius 2 is 2.00 bits per heavy atom. The van der Waals surface area contributed by atoms with Gasteiger partial charge in [0.1, 0.15) is 0 Å². The van der Waals surface area contributed by atoms with Crippen LogP contribution in [0.1, 0.15) is 37.7 Å². The van der Waals surface area contributed by atoms with E-state index >= 15 is 0 Å². The summed E-state index contributed by atoms with van der Waals surface area (Å²) < 4.78 is 5.11. The van der Waals surface area contributed by atoms with Crippen LogP contribution >= 0.6 is 0 Å². The topological polar surface area (TPSA) is 34.1 Å². The summed E-state index contributed by atoms with van der Waals surface area (Å²) >= 11 is 0. The van der Waals surface area contributed by atoms with E-state index in [0.29, 0.717) is 10.8 Å². The Hall–Kier alpha value is -0.930. The van der Waals surface area contributed by atoms with Gasteiger partial charge in [0, 0.05) is 38.0 Å². The van der Waals surface area contributed by atoms with Gasteiger partial charge in [-0.25, -0.2) is 0 Å². The number of aromatic nitrogens is 1. The largest absolute Gasteiger partial charge is 0.383 e. The standard InChI is InChI=1S/C16H24N2O/c1-19-10-9-18-13-16(14-3-7-17-8-4-14)11-15(12-16)5-2-6-15/h3-4,7-8,18H,2,5-6,9-13H2,1H3. The van der Waals surface area contributed by atoms with Gasteiger partial charge in [0.15, 0.2) is 0 Å². The van der Waals surface area contributed by atoms with Gasteiger partial charge in [-0.1, -0.05) is 6.42 Å². The summed E-state index contributed by atoms with van der Waals surface area (Å²) in [5, 5.41) is 3.57. The summed E-state index contributed by atoms with van der Waals surface area (Å²) in [4.78, 5) is 4.16. The fraction of sp³-hybridized carbons (Fsp3) is 0.688. The van der Waals surface area contributed by atoms with Crippen LogP contribution in [0.4, 0.5) is 0 Å². The first-order valence-corrected chi connectivity index (χ1v) is 7.39. The van der Waals surface area contributed by atoms with Crippen molar-refractivity contribution in [2.45, 2.75) is 37.5 Å². The Labute approximate surface area is 115 Å². The zero-order valence-corrected chi connectivity index (χ0v) is 11.8. The van der Waals surface area contributed by atoms with Crippen LogP contribution in [0.3, 0.4) is 0 Å².